The van der Waals surface area contributed by atoms with Gasteiger partial charge in [0.25, 0.3) is 0 Å². The number of aryl methyl sites for hydroxylation is 1. The Balaban J connectivity index is 1.65. The Morgan fingerprint density at radius 2 is 1.92 bits per heavy atom. The second kappa shape index (κ2) is 6.96. The first-order valence-corrected chi connectivity index (χ1v) is 9.16. The molecule has 1 heterocycles. The van der Waals surface area contributed by atoms with Crippen LogP contribution in [0.1, 0.15) is 56.6 Å². The maximum Gasteiger partial charge on any atom is 0.245 e. The first-order chi connectivity index (χ1) is 11.5. The van der Waals surface area contributed by atoms with Crippen molar-refractivity contribution in [2.75, 3.05) is 6.54 Å². The summed E-state index contributed by atoms with van der Waals surface area (Å²) in [6, 6.07) is 8.68. The zero-order valence-corrected chi connectivity index (χ0v) is 14.8. The molecule has 2 fully saturated rings. The highest BCUT2D eigenvalue weighted by Gasteiger charge is 2.47. The Kier molecular flexibility index (Phi) is 4.93. The molecular weight excluding hydrogens is 300 g/mol. The summed E-state index contributed by atoms with van der Waals surface area (Å²) in [6.45, 7) is 4.60. The Bertz CT molecular complexity index is 605. The van der Waals surface area contributed by atoms with Gasteiger partial charge in [-0.3, -0.25) is 9.59 Å². The molecule has 24 heavy (non-hydrogen) atoms. The van der Waals surface area contributed by atoms with Crippen LogP contribution < -0.4 is 5.32 Å². The minimum absolute atomic E-state index is 0.0316. The Labute approximate surface area is 144 Å². The molecular formula is C20H28N2O2. The molecule has 2 amide bonds. The molecule has 1 atom stereocenters. The van der Waals surface area contributed by atoms with Gasteiger partial charge in [0.15, 0.2) is 0 Å². The van der Waals surface area contributed by atoms with E-state index in [0.717, 1.165) is 19.3 Å². The fraction of sp³-hybridized carbons (Fsp3) is 0.600. The van der Waals surface area contributed by atoms with Crippen LogP contribution in [-0.4, -0.2) is 34.8 Å². The van der Waals surface area contributed by atoms with Gasteiger partial charge in [0, 0.05) is 19.0 Å². The smallest absolute Gasteiger partial charge is 0.245 e. The van der Waals surface area contributed by atoms with E-state index in [-0.39, 0.29) is 11.8 Å². The summed E-state index contributed by atoms with van der Waals surface area (Å²) in [6.07, 6.45) is 6.41. The molecule has 4 heteroatoms. The third-order valence-corrected chi connectivity index (χ3v) is 5.65. The predicted molar refractivity (Wildman–Crippen MR) is 94.6 cm³/mol. The van der Waals surface area contributed by atoms with E-state index in [4.69, 9.17) is 0 Å². The van der Waals surface area contributed by atoms with Gasteiger partial charge in [0.05, 0.1) is 0 Å². The summed E-state index contributed by atoms with van der Waals surface area (Å²) in [7, 11) is 0. The van der Waals surface area contributed by atoms with E-state index in [9.17, 15) is 9.59 Å². The summed E-state index contributed by atoms with van der Waals surface area (Å²) >= 11 is 0. The normalized spacial score (nSPS) is 24.6. The zero-order chi connectivity index (χ0) is 17.2. The number of hydrogen-bond donors (Lipinski definition) is 1. The lowest BCUT2D eigenvalue weighted by molar-refractivity contribution is -0.140. The van der Waals surface area contributed by atoms with Crippen LogP contribution in [0.3, 0.4) is 0 Å². The number of nitrogens with one attached hydrogen (secondary N) is 1. The third-order valence-electron chi connectivity index (χ3n) is 5.65. The van der Waals surface area contributed by atoms with Crippen LogP contribution in [0.4, 0.5) is 0 Å². The third kappa shape index (κ3) is 3.47. The van der Waals surface area contributed by atoms with Crippen LogP contribution in [0.25, 0.3) is 0 Å². The average Bonchev–Trinajstić information content (AvgIpc) is 3.17. The lowest BCUT2D eigenvalue weighted by Gasteiger charge is -2.35. The van der Waals surface area contributed by atoms with Crippen LogP contribution in [0, 0.1) is 6.92 Å². The van der Waals surface area contributed by atoms with E-state index in [1.807, 2.05) is 6.92 Å². The van der Waals surface area contributed by atoms with Gasteiger partial charge in [-0.2, -0.15) is 0 Å². The van der Waals surface area contributed by atoms with Gasteiger partial charge in [-0.15, -0.1) is 0 Å². The largest absolute Gasteiger partial charge is 0.351 e. The van der Waals surface area contributed by atoms with Crippen molar-refractivity contribution in [3.05, 3.63) is 35.4 Å². The average molecular weight is 328 g/mol. The van der Waals surface area contributed by atoms with Gasteiger partial charge in [0.2, 0.25) is 11.8 Å². The first-order valence-electron chi connectivity index (χ1n) is 9.16. The molecule has 3 rings (SSSR count). The fourth-order valence-electron chi connectivity index (χ4n) is 3.91. The molecule has 1 N–H and O–H groups in total. The summed E-state index contributed by atoms with van der Waals surface area (Å²) in [4.78, 5) is 27.0. The van der Waals surface area contributed by atoms with E-state index in [1.165, 1.54) is 24.0 Å². The second-order valence-electron chi connectivity index (χ2n) is 7.51. The van der Waals surface area contributed by atoms with Crippen molar-refractivity contribution in [1.29, 1.82) is 0 Å². The molecule has 1 aliphatic heterocycles. The molecule has 0 aromatic heterocycles. The number of nitrogens with zero attached hydrogens (tertiary/aromatic N) is 1. The molecule has 1 saturated carbocycles. The van der Waals surface area contributed by atoms with Crippen molar-refractivity contribution >= 4 is 11.8 Å². The highest BCUT2D eigenvalue weighted by Crippen LogP contribution is 2.31. The molecule has 1 aromatic carbocycles. The van der Waals surface area contributed by atoms with Crippen molar-refractivity contribution in [1.82, 2.24) is 10.2 Å². The van der Waals surface area contributed by atoms with Gasteiger partial charge in [-0.1, -0.05) is 42.7 Å². The number of carbonyl (C=O) groups excluding carboxylic acids is 2. The number of amides is 2. The van der Waals surface area contributed by atoms with Crippen LogP contribution in [0.5, 0.6) is 0 Å². The number of carbonyl (C=O) groups is 2. The second-order valence-corrected chi connectivity index (χ2v) is 7.51. The van der Waals surface area contributed by atoms with Gasteiger partial charge in [0.1, 0.15) is 5.54 Å². The first kappa shape index (κ1) is 17.0. The SMILES string of the molecule is Cc1ccc(CCN2C(=O)CC[C@]2(C)C(=O)NC2CCCC2)cc1. The van der Waals surface area contributed by atoms with E-state index >= 15 is 0 Å². The monoisotopic (exact) mass is 328 g/mol. The van der Waals surface area contributed by atoms with Crippen LogP contribution in [0.15, 0.2) is 24.3 Å². The van der Waals surface area contributed by atoms with Crippen LogP contribution in [0.2, 0.25) is 0 Å². The summed E-state index contributed by atoms with van der Waals surface area (Å²) in [5, 5.41) is 3.18. The maximum absolute atomic E-state index is 12.8. The van der Waals surface area contributed by atoms with Gasteiger partial charge in [-0.25, -0.2) is 0 Å². The molecule has 2 aliphatic rings. The molecule has 0 bridgehead atoms. The van der Waals surface area contributed by atoms with E-state index < -0.39 is 5.54 Å². The molecule has 0 radical (unpaired) electrons. The quantitative estimate of drug-likeness (QED) is 0.903. The molecule has 0 unspecified atom stereocenters. The number of hydrogen-bond acceptors (Lipinski definition) is 2. The molecule has 1 aliphatic carbocycles. The molecule has 0 spiro atoms. The topological polar surface area (TPSA) is 49.4 Å². The Morgan fingerprint density at radius 1 is 1.25 bits per heavy atom. The standard InChI is InChI=1S/C20H28N2O2/c1-15-7-9-16(10-8-15)12-14-22-18(23)11-13-20(22,2)19(24)21-17-5-3-4-6-17/h7-10,17H,3-6,11-14H2,1-2H3,(H,21,24)/t20-/m1/s1. The van der Waals surface area contributed by atoms with Crippen LogP contribution >= 0.6 is 0 Å². The molecule has 1 saturated heterocycles. The summed E-state index contributed by atoms with van der Waals surface area (Å²) in [5.74, 6) is 0.135. The summed E-state index contributed by atoms with van der Waals surface area (Å²) < 4.78 is 0. The van der Waals surface area contributed by atoms with Gasteiger partial charge in [-0.05, 0) is 45.1 Å². The number of benzene rings is 1. The lowest BCUT2D eigenvalue weighted by atomic mass is 9.96. The number of likely N-dealkylation sites (tertiary alicyclic amines) is 1. The maximum atomic E-state index is 12.8. The highest BCUT2D eigenvalue weighted by molar-refractivity contribution is 5.94. The van der Waals surface area contributed by atoms with Crippen molar-refractivity contribution in [2.45, 2.75) is 70.4 Å². The van der Waals surface area contributed by atoms with Crippen molar-refractivity contribution in [2.24, 2.45) is 0 Å². The molecule has 4 nitrogen and oxygen atoms in total. The molecule has 130 valence electrons. The highest BCUT2D eigenvalue weighted by atomic mass is 16.2. The van der Waals surface area contributed by atoms with Crippen molar-refractivity contribution < 1.29 is 9.59 Å². The minimum Gasteiger partial charge on any atom is -0.351 e. The number of rotatable bonds is 5. The van der Waals surface area contributed by atoms with Crippen LogP contribution in [-0.2, 0) is 16.0 Å². The van der Waals surface area contributed by atoms with E-state index in [1.54, 1.807) is 4.90 Å². The van der Waals surface area contributed by atoms with E-state index in [0.29, 0.717) is 25.4 Å². The lowest BCUT2D eigenvalue weighted by Crippen LogP contribution is -2.56. The predicted octanol–water partition coefficient (Wildman–Crippen LogP) is 2.98. The Hall–Kier alpha value is -1.84. The van der Waals surface area contributed by atoms with E-state index in [2.05, 4.69) is 36.5 Å². The summed E-state index contributed by atoms with van der Waals surface area (Å²) in [5.41, 5.74) is 1.75. The van der Waals surface area contributed by atoms with Crippen molar-refractivity contribution in [3.8, 4) is 0 Å². The minimum atomic E-state index is -0.690. The van der Waals surface area contributed by atoms with Gasteiger partial charge < -0.3 is 10.2 Å². The van der Waals surface area contributed by atoms with Crippen molar-refractivity contribution in [3.63, 3.8) is 0 Å². The zero-order valence-electron chi connectivity index (χ0n) is 14.8. The fourth-order valence-corrected chi connectivity index (χ4v) is 3.91. The van der Waals surface area contributed by atoms with Gasteiger partial charge >= 0.3 is 0 Å². The molecule has 1 aromatic rings. The Morgan fingerprint density at radius 3 is 2.58 bits per heavy atom.